The average Bonchev–Trinajstić information content (AvgIpc) is 2.86. The van der Waals surface area contributed by atoms with Crippen LogP contribution in [0.3, 0.4) is 0 Å². The number of hydrogen-bond acceptors (Lipinski definition) is 7. The van der Waals surface area contributed by atoms with Crippen LogP contribution in [0.1, 0.15) is 50.4 Å². The molecule has 0 aromatic heterocycles. The molecule has 0 spiro atoms. The summed E-state index contributed by atoms with van der Waals surface area (Å²) in [6.45, 7) is 6.19. The number of rotatable bonds is 5. The summed E-state index contributed by atoms with van der Waals surface area (Å²) >= 11 is 0. The highest BCUT2D eigenvalue weighted by Crippen LogP contribution is 2.40. The third-order valence-electron chi connectivity index (χ3n) is 5.98. The minimum absolute atomic E-state index is 0.134. The molecule has 36 heavy (non-hydrogen) atoms. The summed E-state index contributed by atoms with van der Waals surface area (Å²) in [5.74, 6) is -0.509. The molecule has 4 amide bonds. The lowest BCUT2D eigenvalue weighted by Crippen LogP contribution is -2.54. The van der Waals surface area contributed by atoms with E-state index < -0.39 is 18.0 Å². The predicted molar refractivity (Wildman–Crippen MR) is 133 cm³/mol. The second-order valence-electron chi connectivity index (χ2n) is 8.94. The first-order valence-corrected chi connectivity index (χ1v) is 12.1. The van der Waals surface area contributed by atoms with Gasteiger partial charge in [0.05, 0.1) is 26.9 Å². The van der Waals surface area contributed by atoms with Crippen molar-refractivity contribution >= 4 is 23.6 Å². The Hall–Kier alpha value is -3.50. The minimum atomic E-state index is -0.801. The van der Waals surface area contributed by atoms with Gasteiger partial charge in [-0.15, -0.1) is 0 Å². The molecule has 1 aliphatic rings. The minimum Gasteiger partial charge on any atom is -0.493 e. The van der Waals surface area contributed by atoms with Crippen LogP contribution in [-0.4, -0.2) is 81.6 Å². The molecule has 0 saturated carbocycles. The number of nitrogens with zero attached hydrogens (tertiary/aromatic N) is 1. The fourth-order valence-electron chi connectivity index (χ4n) is 3.97. The second-order valence-corrected chi connectivity index (χ2v) is 8.94. The number of hydrogen-bond donors (Lipinski definition) is 3. The molecule has 0 radical (unpaired) electrons. The van der Waals surface area contributed by atoms with Crippen molar-refractivity contribution in [3.8, 4) is 17.2 Å². The van der Waals surface area contributed by atoms with Crippen molar-refractivity contribution in [3.05, 3.63) is 17.7 Å². The molecule has 3 N–H and O–H groups in total. The molecule has 1 aromatic carbocycles. The Morgan fingerprint density at radius 3 is 2.22 bits per heavy atom. The molecule has 1 aliphatic heterocycles. The Labute approximate surface area is 212 Å². The van der Waals surface area contributed by atoms with Gasteiger partial charge in [-0.1, -0.05) is 13.8 Å². The smallest absolute Gasteiger partial charge is 0.257 e. The Bertz CT molecular complexity index is 951. The zero-order valence-corrected chi connectivity index (χ0v) is 21.9. The SMILES string of the molecule is COc1ccc(C(=O)N2CCCNC(=O)[C@@H](C(C)C)NC(=O)[C@@H](C)NC(=O)CCC2)c(OC)c1OC. The fraction of sp³-hybridized carbons (Fsp3) is 0.600. The van der Waals surface area contributed by atoms with E-state index >= 15 is 0 Å². The zero-order valence-electron chi connectivity index (χ0n) is 21.9. The van der Waals surface area contributed by atoms with Crippen LogP contribution in [0.5, 0.6) is 17.2 Å². The summed E-state index contributed by atoms with van der Waals surface area (Å²) in [7, 11) is 4.40. The number of benzene rings is 1. The third-order valence-corrected chi connectivity index (χ3v) is 5.98. The summed E-state index contributed by atoms with van der Waals surface area (Å²) in [5, 5.41) is 8.22. The van der Waals surface area contributed by atoms with E-state index in [4.69, 9.17) is 14.2 Å². The average molecular weight is 507 g/mol. The largest absolute Gasteiger partial charge is 0.493 e. The highest BCUT2D eigenvalue weighted by Gasteiger charge is 2.28. The highest BCUT2D eigenvalue weighted by atomic mass is 16.5. The molecule has 2 atom stereocenters. The third kappa shape index (κ3) is 7.25. The molecular formula is C25H38N4O7. The predicted octanol–water partition coefficient (Wildman–Crippen LogP) is 1.10. The maximum Gasteiger partial charge on any atom is 0.257 e. The van der Waals surface area contributed by atoms with Crippen molar-refractivity contribution in [2.75, 3.05) is 41.0 Å². The van der Waals surface area contributed by atoms with E-state index in [0.717, 1.165) is 0 Å². The molecule has 0 bridgehead atoms. The lowest BCUT2D eigenvalue weighted by atomic mass is 10.0. The molecule has 1 fully saturated rings. The summed E-state index contributed by atoms with van der Waals surface area (Å²) in [6, 6.07) is 1.70. The van der Waals surface area contributed by atoms with Crippen molar-refractivity contribution < 1.29 is 33.4 Å². The molecule has 1 saturated heterocycles. The van der Waals surface area contributed by atoms with Crippen LogP contribution in [0.15, 0.2) is 12.1 Å². The van der Waals surface area contributed by atoms with Crippen LogP contribution in [0.2, 0.25) is 0 Å². The fourth-order valence-corrected chi connectivity index (χ4v) is 3.97. The van der Waals surface area contributed by atoms with E-state index in [1.807, 2.05) is 13.8 Å². The monoisotopic (exact) mass is 506 g/mol. The maximum atomic E-state index is 13.5. The summed E-state index contributed by atoms with van der Waals surface area (Å²) in [6.07, 6.45) is 1.01. The number of ether oxygens (including phenoxy) is 3. The van der Waals surface area contributed by atoms with Crippen LogP contribution in [0.4, 0.5) is 0 Å². The summed E-state index contributed by atoms with van der Waals surface area (Å²) in [5.41, 5.74) is 0.296. The maximum absolute atomic E-state index is 13.5. The van der Waals surface area contributed by atoms with Gasteiger partial charge in [0.1, 0.15) is 12.1 Å². The van der Waals surface area contributed by atoms with Crippen LogP contribution in [0.25, 0.3) is 0 Å². The van der Waals surface area contributed by atoms with E-state index in [-0.39, 0.29) is 35.8 Å². The van der Waals surface area contributed by atoms with Gasteiger partial charge in [-0.3, -0.25) is 19.2 Å². The van der Waals surface area contributed by atoms with Gasteiger partial charge in [-0.25, -0.2) is 0 Å². The number of carbonyl (C=O) groups excluding carboxylic acids is 4. The molecule has 11 nitrogen and oxygen atoms in total. The first kappa shape index (κ1) is 28.7. The Morgan fingerprint density at radius 1 is 0.944 bits per heavy atom. The topological polar surface area (TPSA) is 135 Å². The lowest BCUT2D eigenvalue weighted by Gasteiger charge is -2.25. The number of methoxy groups -OCH3 is 3. The van der Waals surface area contributed by atoms with Crippen molar-refractivity contribution in [2.45, 2.75) is 52.1 Å². The van der Waals surface area contributed by atoms with Crippen molar-refractivity contribution in [2.24, 2.45) is 5.92 Å². The second kappa shape index (κ2) is 13.6. The van der Waals surface area contributed by atoms with Gasteiger partial charge < -0.3 is 35.1 Å². The molecular weight excluding hydrogens is 468 g/mol. The highest BCUT2D eigenvalue weighted by molar-refractivity contribution is 5.98. The van der Waals surface area contributed by atoms with Crippen LogP contribution in [-0.2, 0) is 14.4 Å². The van der Waals surface area contributed by atoms with Crippen molar-refractivity contribution in [1.82, 2.24) is 20.9 Å². The van der Waals surface area contributed by atoms with E-state index in [0.29, 0.717) is 49.5 Å². The molecule has 1 aromatic rings. The molecule has 11 heteroatoms. The summed E-state index contributed by atoms with van der Waals surface area (Å²) in [4.78, 5) is 52.8. The molecule has 1 heterocycles. The first-order valence-electron chi connectivity index (χ1n) is 12.1. The Kier molecular flexibility index (Phi) is 10.8. The Morgan fingerprint density at radius 2 is 1.61 bits per heavy atom. The zero-order chi connectivity index (χ0) is 26.8. The molecule has 0 unspecified atom stereocenters. The number of amides is 4. The van der Waals surface area contributed by atoms with Gasteiger partial charge in [0, 0.05) is 26.1 Å². The Balaban J connectivity index is 2.28. The van der Waals surface area contributed by atoms with Crippen LogP contribution < -0.4 is 30.2 Å². The lowest BCUT2D eigenvalue weighted by molar-refractivity contribution is -0.132. The van der Waals surface area contributed by atoms with Crippen molar-refractivity contribution in [3.63, 3.8) is 0 Å². The number of nitrogens with one attached hydrogen (secondary N) is 3. The van der Waals surface area contributed by atoms with Crippen LogP contribution in [0, 0.1) is 5.92 Å². The van der Waals surface area contributed by atoms with E-state index in [1.54, 1.807) is 24.0 Å². The van der Waals surface area contributed by atoms with Gasteiger partial charge in [0.15, 0.2) is 11.5 Å². The molecule has 2 rings (SSSR count). The number of carbonyl (C=O) groups is 4. The van der Waals surface area contributed by atoms with Gasteiger partial charge in [0.2, 0.25) is 23.5 Å². The van der Waals surface area contributed by atoms with E-state index in [9.17, 15) is 19.2 Å². The summed E-state index contributed by atoms with van der Waals surface area (Å²) < 4.78 is 16.2. The molecule has 0 aliphatic carbocycles. The van der Waals surface area contributed by atoms with Crippen molar-refractivity contribution in [1.29, 1.82) is 0 Å². The van der Waals surface area contributed by atoms with E-state index in [1.165, 1.54) is 21.3 Å². The standard InChI is InChI=1S/C25H38N4O7/c1-15(2)20-24(32)26-12-8-14-29(13-7-9-19(30)27-16(3)23(31)28-20)25(33)17-10-11-18(34-4)22(36-6)21(17)35-5/h10-11,15-16,20H,7-9,12-14H2,1-6H3,(H,26,32)(H,27,30)(H,28,31)/t16-,20-/m1/s1. The molecule has 200 valence electrons. The van der Waals surface area contributed by atoms with Crippen LogP contribution >= 0.6 is 0 Å². The van der Waals surface area contributed by atoms with Gasteiger partial charge in [0.25, 0.3) is 5.91 Å². The van der Waals surface area contributed by atoms with E-state index in [2.05, 4.69) is 16.0 Å². The normalized spacial score (nSPS) is 20.4. The van der Waals surface area contributed by atoms with Gasteiger partial charge >= 0.3 is 0 Å². The first-order chi connectivity index (χ1) is 17.1. The van der Waals surface area contributed by atoms with Gasteiger partial charge in [-0.2, -0.15) is 0 Å². The van der Waals surface area contributed by atoms with Gasteiger partial charge in [-0.05, 0) is 37.8 Å². The quantitative estimate of drug-likeness (QED) is 0.544.